The number of nitrogens with one attached hydrogen (secondary N) is 3. The third-order valence-corrected chi connectivity index (χ3v) is 6.91. The lowest BCUT2D eigenvalue weighted by Crippen LogP contribution is -2.30. The van der Waals surface area contributed by atoms with Gasteiger partial charge < -0.3 is 16.0 Å². The minimum atomic E-state index is -0.558. The Hall–Kier alpha value is -4.28. The first-order chi connectivity index (χ1) is 18.4. The van der Waals surface area contributed by atoms with Crippen molar-refractivity contribution >= 4 is 57.7 Å². The van der Waals surface area contributed by atoms with Crippen molar-refractivity contribution in [3.05, 3.63) is 113 Å². The molecular formula is C28H23FN4O3S2. The highest BCUT2D eigenvalue weighted by Crippen LogP contribution is 2.23. The van der Waals surface area contributed by atoms with Crippen LogP contribution in [0, 0.1) is 12.7 Å². The van der Waals surface area contributed by atoms with Crippen molar-refractivity contribution in [2.45, 2.75) is 11.8 Å². The van der Waals surface area contributed by atoms with Gasteiger partial charge in [0.2, 0.25) is 5.91 Å². The lowest BCUT2D eigenvalue weighted by molar-refractivity contribution is -0.114. The van der Waals surface area contributed by atoms with Gasteiger partial charge in [0.1, 0.15) is 11.5 Å². The number of benzene rings is 3. The quantitative estimate of drug-likeness (QED) is 0.184. The average Bonchev–Trinajstić information content (AvgIpc) is 3.33. The number of aryl methyl sites for hydroxylation is 1. The number of aromatic nitrogens is 1. The Morgan fingerprint density at radius 3 is 2.45 bits per heavy atom. The van der Waals surface area contributed by atoms with Gasteiger partial charge in [-0.25, -0.2) is 9.37 Å². The summed E-state index contributed by atoms with van der Waals surface area (Å²) in [7, 11) is 0. The van der Waals surface area contributed by atoms with Crippen LogP contribution in [0.5, 0.6) is 0 Å². The molecule has 0 radical (unpaired) electrons. The van der Waals surface area contributed by atoms with Crippen LogP contribution in [0.25, 0.3) is 6.08 Å². The third kappa shape index (κ3) is 7.86. The van der Waals surface area contributed by atoms with Crippen molar-refractivity contribution in [1.29, 1.82) is 0 Å². The van der Waals surface area contributed by atoms with E-state index in [2.05, 4.69) is 20.9 Å². The van der Waals surface area contributed by atoms with Gasteiger partial charge in [-0.3, -0.25) is 14.4 Å². The highest BCUT2D eigenvalue weighted by atomic mass is 32.2. The number of halogens is 1. The molecule has 7 nitrogen and oxygen atoms in total. The van der Waals surface area contributed by atoms with Crippen LogP contribution >= 0.6 is 23.1 Å². The minimum absolute atomic E-state index is 0.0124. The molecule has 0 aliphatic rings. The normalized spacial score (nSPS) is 11.1. The van der Waals surface area contributed by atoms with Crippen LogP contribution in [0.2, 0.25) is 0 Å². The largest absolute Gasteiger partial charge is 0.321 e. The van der Waals surface area contributed by atoms with E-state index in [1.165, 1.54) is 53.4 Å². The topological polar surface area (TPSA) is 100 Å². The van der Waals surface area contributed by atoms with Crippen LogP contribution in [0.3, 0.4) is 0 Å². The Kier molecular flexibility index (Phi) is 9.02. The molecule has 4 aromatic rings. The van der Waals surface area contributed by atoms with Gasteiger partial charge in [0.05, 0.1) is 11.4 Å². The molecule has 0 aliphatic heterocycles. The van der Waals surface area contributed by atoms with E-state index in [4.69, 9.17) is 0 Å². The van der Waals surface area contributed by atoms with Crippen LogP contribution < -0.4 is 16.0 Å². The fourth-order valence-electron chi connectivity index (χ4n) is 3.25. The highest BCUT2D eigenvalue weighted by Gasteiger charge is 2.15. The molecule has 38 heavy (non-hydrogen) atoms. The maximum absolute atomic E-state index is 13.4. The Bertz CT molecular complexity index is 1470. The highest BCUT2D eigenvalue weighted by molar-refractivity contribution is 8.00. The van der Waals surface area contributed by atoms with Crippen molar-refractivity contribution in [1.82, 2.24) is 10.3 Å². The van der Waals surface area contributed by atoms with Crippen molar-refractivity contribution in [2.24, 2.45) is 0 Å². The molecule has 10 heteroatoms. The van der Waals surface area contributed by atoms with Crippen molar-refractivity contribution in [3.8, 4) is 0 Å². The lowest BCUT2D eigenvalue weighted by atomic mass is 10.1. The molecule has 0 saturated heterocycles. The molecule has 0 spiro atoms. The summed E-state index contributed by atoms with van der Waals surface area (Å²) in [4.78, 5) is 43.2. The zero-order chi connectivity index (χ0) is 26.9. The summed E-state index contributed by atoms with van der Waals surface area (Å²) in [5.41, 5.74) is 2.23. The summed E-state index contributed by atoms with van der Waals surface area (Å²) in [5.74, 6) is -1.45. The van der Waals surface area contributed by atoms with Gasteiger partial charge >= 0.3 is 0 Å². The lowest BCUT2D eigenvalue weighted by Gasteiger charge is -2.12. The molecule has 192 valence electrons. The summed E-state index contributed by atoms with van der Waals surface area (Å²) >= 11 is 2.67. The van der Waals surface area contributed by atoms with Gasteiger partial charge in [-0.1, -0.05) is 36.4 Å². The molecule has 0 unspecified atom stereocenters. The zero-order valence-corrected chi connectivity index (χ0v) is 21.9. The van der Waals surface area contributed by atoms with E-state index in [9.17, 15) is 18.8 Å². The average molecular weight is 547 g/mol. The van der Waals surface area contributed by atoms with Gasteiger partial charge in [0.15, 0.2) is 5.13 Å². The minimum Gasteiger partial charge on any atom is -0.321 e. The van der Waals surface area contributed by atoms with Crippen LogP contribution in [-0.2, 0) is 9.59 Å². The Morgan fingerprint density at radius 1 is 0.974 bits per heavy atom. The number of hydrogen-bond donors (Lipinski definition) is 3. The van der Waals surface area contributed by atoms with Crippen molar-refractivity contribution in [2.75, 3.05) is 16.4 Å². The molecule has 1 aromatic heterocycles. The number of thioether (sulfide) groups is 1. The van der Waals surface area contributed by atoms with E-state index in [0.29, 0.717) is 21.9 Å². The smallest absolute Gasteiger partial charge is 0.272 e. The van der Waals surface area contributed by atoms with E-state index in [0.717, 1.165) is 10.6 Å². The molecule has 0 atom stereocenters. The van der Waals surface area contributed by atoms with E-state index in [-0.39, 0.29) is 17.4 Å². The van der Waals surface area contributed by atoms with Gasteiger partial charge in [0.25, 0.3) is 11.8 Å². The van der Waals surface area contributed by atoms with Crippen LogP contribution in [0.1, 0.15) is 21.6 Å². The number of amides is 3. The maximum atomic E-state index is 13.4. The number of nitrogens with zero attached hydrogens (tertiary/aromatic N) is 1. The molecule has 4 rings (SSSR count). The van der Waals surface area contributed by atoms with Gasteiger partial charge in [-0.2, -0.15) is 0 Å². The van der Waals surface area contributed by atoms with E-state index in [1.807, 2.05) is 18.4 Å². The fraction of sp³-hybridized carbons (Fsp3) is 0.0714. The standard InChI is InChI=1S/C28H23FN4O3S2/c1-18-16-38-28(30-18)33-25(34)17-37-23-9-5-8-22(15-23)31-27(36)24(14-19-10-12-21(29)13-11-19)32-26(35)20-6-3-2-4-7-20/h2-16H,17H2,1H3,(H,31,36)(H,32,35)(H,30,33,34)/b24-14-. The molecule has 0 saturated carbocycles. The Balaban J connectivity index is 1.45. The van der Waals surface area contributed by atoms with E-state index in [1.54, 1.807) is 48.5 Å². The molecule has 1 heterocycles. The Morgan fingerprint density at radius 2 is 1.74 bits per heavy atom. The first-order valence-electron chi connectivity index (χ1n) is 11.5. The molecule has 0 aliphatic carbocycles. The van der Waals surface area contributed by atoms with Crippen molar-refractivity contribution in [3.63, 3.8) is 0 Å². The number of rotatable bonds is 9. The van der Waals surface area contributed by atoms with E-state index >= 15 is 0 Å². The number of carbonyl (C=O) groups excluding carboxylic acids is 3. The van der Waals surface area contributed by atoms with Gasteiger partial charge in [-0.05, 0) is 61.0 Å². The molecule has 3 aromatic carbocycles. The second kappa shape index (κ2) is 12.8. The Labute approximate surface area is 227 Å². The SMILES string of the molecule is Cc1csc(NC(=O)CSc2cccc(NC(=O)/C(=C/c3ccc(F)cc3)NC(=O)c3ccccc3)c2)n1. The number of thiazole rings is 1. The molecule has 0 bridgehead atoms. The van der Waals surface area contributed by atoms with Crippen LogP contribution in [0.4, 0.5) is 15.2 Å². The maximum Gasteiger partial charge on any atom is 0.272 e. The predicted molar refractivity (Wildman–Crippen MR) is 150 cm³/mol. The molecule has 3 amide bonds. The summed E-state index contributed by atoms with van der Waals surface area (Å²) in [6.07, 6.45) is 1.47. The van der Waals surface area contributed by atoms with Gasteiger partial charge in [-0.15, -0.1) is 23.1 Å². The second-order valence-corrected chi connectivity index (χ2v) is 9.95. The number of carbonyl (C=O) groups is 3. The summed E-state index contributed by atoms with van der Waals surface area (Å²) in [6, 6.07) is 21.1. The van der Waals surface area contributed by atoms with Crippen LogP contribution in [0.15, 0.2) is 94.8 Å². The van der Waals surface area contributed by atoms with Gasteiger partial charge in [0, 0.05) is 21.5 Å². The van der Waals surface area contributed by atoms with Crippen LogP contribution in [-0.4, -0.2) is 28.5 Å². The summed E-state index contributed by atoms with van der Waals surface area (Å²) in [6.45, 7) is 1.86. The van der Waals surface area contributed by atoms with E-state index < -0.39 is 17.6 Å². The summed E-state index contributed by atoms with van der Waals surface area (Å²) < 4.78 is 13.4. The fourth-order valence-corrected chi connectivity index (χ4v) is 4.71. The molecule has 3 N–H and O–H groups in total. The first kappa shape index (κ1) is 26.8. The monoisotopic (exact) mass is 546 g/mol. The zero-order valence-electron chi connectivity index (χ0n) is 20.2. The van der Waals surface area contributed by atoms with Crippen molar-refractivity contribution < 1.29 is 18.8 Å². The first-order valence-corrected chi connectivity index (χ1v) is 13.3. The number of hydrogen-bond acceptors (Lipinski definition) is 6. The third-order valence-electron chi connectivity index (χ3n) is 5.04. The predicted octanol–water partition coefficient (Wildman–Crippen LogP) is 5.73. The number of anilines is 2. The molecule has 0 fully saturated rings. The summed E-state index contributed by atoms with van der Waals surface area (Å²) in [5, 5.41) is 10.6. The second-order valence-electron chi connectivity index (χ2n) is 8.04. The molecular weight excluding hydrogens is 523 g/mol.